The predicted molar refractivity (Wildman–Crippen MR) is 76.2 cm³/mol. The van der Waals surface area contributed by atoms with Crippen LogP contribution in [0.25, 0.3) is 0 Å². The van der Waals surface area contributed by atoms with Gasteiger partial charge in [-0.1, -0.05) is 0 Å². The molecule has 0 amide bonds. The summed E-state index contributed by atoms with van der Waals surface area (Å²) < 4.78 is 35.5. The molecule has 1 heterocycles. The van der Waals surface area contributed by atoms with Gasteiger partial charge in [-0.25, -0.2) is 8.78 Å². The average Bonchev–Trinajstić information content (AvgIpc) is 2.71. The van der Waals surface area contributed by atoms with Crippen LogP contribution in [0, 0.1) is 11.6 Å². The highest BCUT2D eigenvalue weighted by Gasteiger charge is 2.12. The molecular weight excluding hydrogens is 284 g/mol. The summed E-state index contributed by atoms with van der Waals surface area (Å²) in [6.07, 6.45) is 0.484. The third-order valence-corrected chi connectivity index (χ3v) is 3.38. The third kappa shape index (κ3) is 3.57. The molecule has 0 unspecified atom stereocenters. The van der Waals surface area contributed by atoms with Gasteiger partial charge < -0.3 is 15.8 Å². The molecule has 2 rings (SSSR count). The van der Waals surface area contributed by atoms with Gasteiger partial charge in [-0.2, -0.15) is 4.37 Å². The van der Waals surface area contributed by atoms with Crippen molar-refractivity contribution >= 4 is 22.4 Å². The summed E-state index contributed by atoms with van der Waals surface area (Å²) in [5.41, 5.74) is 6.27. The number of nitrogen functional groups attached to an aromatic ring is 1. The van der Waals surface area contributed by atoms with Crippen molar-refractivity contribution in [2.24, 2.45) is 0 Å². The molecule has 3 N–H and O–H groups in total. The second-order valence-corrected chi connectivity index (χ2v) is 4.89. The second kappa shape index (κ2) is 6.51. The van der Waals surface area contributed by atoms with Crippen molar-refractivity contribution in [1.82, 2.24) is 4.37 Å². The van der Waals surface area contributed by atoms with Crippen LogP contribution in [0.5, 0.6) is 5.75 Å². The number of ether oxygens (including phenoxy) is 1. The lowest BCUT2D eigenvalue weighted by Crippen LogP contribution is -2.06. The largest absolute Gasteiger partial charge is 0.487 e. The number of rotatable bonds is 6. The van der Waals surface area contributed by atoms with Crippen LogP contribution in [-0.4, -0.2) is 17.5 Å². The fourth-order valence-electron chi connectivity index (χ4n) is 1.77. The van der Waals surface area contributed by atoms with E-state index in [1.54, 1.807) is 0 Å². The highest BCUT2D eigenvalue weighted by molar-refractivity contribution is 7.11. The van der Waals surface area contributed by atoms with Crippen molar-refractivity contribution < 1.29 is 13.5 Å². The third-order valence-electron chi connectivity index (χ3n) is 2.58. The number of benzene rings is 1. The molecule has 108 valence electrons. The molecule has 0 saturated heterocycles. The van der Waals surface area contributed by atoms with E-state index in [2.05, 4.69) is 9.69 Å². The van der Waals surface area contributed by atoms with Crippen LogP contribution in [0.15, 0.2) is 18.2 Å². The monoisotopic (exact) mass is 299 g/mol. The smallest absolute Gasteiger partial charge is 0.197 e. The Morgan fingerprint density at radius 1 is 1.30 bits per heavy atom. The fourth-order valence-corrected chi connectivity index (χ4v) is 2.45. The van der Waals surface area contributed by atoms with Gasteiger partial charge in [0, 0.05) is 12.6 Å². The topological polar surface area (TPSA) is 60.2 Å². The zero-order chi connectivity index (χ0) is 14.5. The van der Waals surface area contributed by atoms with E-state index >= 15 is 0 Å². The van der Waals surface area contributed by atoms with Gasteiger partial charge >= 0.3 is 0 Å². The number of nitrogens with zero attached hydrogens (tertiary/aromatic N) is 1. The Morgan fingerprint density at radius 3 is 2.65 bits per heavy atom. The summed E-state index contributed by atoms with van der Waals surface area (Å²) in [6.45, 7) is 2.85. The van der Waals surface area contributed by atoms with Crippen LogP contribution < -0.4 is 15.8 Å². The van der Waals surface area contributed by atoms with E-state index in [0.717, 1.165) is 11.1 Å². The molecular formula is C13H15F2N3OS. The molecule has 0 radical (unpaired) electrons. The van der Waals surface area contributed by atoms with Crippen molar-refractivity contribution in [3.05, 3.63) is 35.4 Å². The molecule has 1 aromatic heterocycles. The summed E-state index contributed by atoms with van der Waals surface area (Å²) in [4.78, 5) is 0. The number of aromatic nitrogens is 1. The number of nitrogens with two attached hydrogens (primary N) is 1. The minimum atomic E-state index is -0.572. The predicted octanol–water partition coefficient (Wildman–Crippen LogP) is 3.06. The molecule has 2 aromatic rings. The van der Waals surface area contributed by atoms with Crippen molar-refractivity contribution in [1.29, 1.82) is 0 Å². The maximum atomic E-state index is 13.0. The second-order valence-electron chi connectivity index (χ2n) is 4.11. The first-order valence-electron chi connectivity index (χ1n) is 6.17. The van der Waals surface area contributed by atoms with Gasteiger partial charge in [-0.15, -0.1) is 0 Å². The van der Waals surface area contributed by atoms with Gasteiger partial charge in [0.05, 0.1) is 6.61 Å². The van der Waals surface area contributed by atoms with Gasteiger partial charge in [0.2, 0.25) is 0 Å². The number of hydrogen-bond acceptors (Lipinski definition) is 5. The number of halogens is 2. The summed E-state index contributed by atoms with van der Waals surface area (Å²) in [7, 11) is 0. The SMILES string of the molecule is CCOc1c(N)nsc1NCCc1cc(F)cc(F)c1. The van der Waals surface area contributed by atoms with Crippen molar-refractivity contribution in [3.63, 3.8) is 0 Å². The van der Waals surface area contributed by atoms with E-state index in [1.165, 1.54) is 23.7 Å². The molecule has 4 nitrogen and oxygen atoms in total. The molecule has 0 aliphatic carbocycles. The maximum Gasteiger partial charge on any atom is 0.197 e. The molecule has 0 aliphatic heterocycles. The Morgan fingerprint density at radius 2 is 2.00 bits per heavy atom. The van der Waals surface area contributed by atoms with Crippen LogP contribution in [0.1, 0.15) is 12.5 Å². The lowest BCUT2D eigenvalue weighted by atomic mass is 10.1. The molecule has 1 aromatic carbocycles. The van der Waals surface area contributed by atoms with Gasteiger partial charge in [-0.3, -0.25) is 0 Å². The zero-order valence-corrected chi connectivity index (χ0v) is 11.8. The van der Waals surface area contributed by atoms with Crippen LogP contribution in [-0.2, 0) is 6.42 Å². The van der Waals surface area contributed by atoms with Gasteiger partial charge in [0.25, 0.3) is 0 Å². The molecule has 0 atom stereocenters. The Hall–Kier alpha value is -1.89. The summed E-state index contributed by atoms with van der Waals surface area (Å²) in [5, 5.41) is 3.84. The minimum absolute atomic E-state index is 0.344. The Balaban J connectivity index is 1.96. The molecule has 20 heavy (non-hydrogen) atoms. The summed E-state index contributed by atoms with van der Waals surface area (Å²) in [5.74, 6) is -0.270. The van der Waals surface area contributed by atoms with Gasteiger partial charge in [-0.05, 0) is 42.6 Å². The lowest BCUT2D eigenvalue weighted by molar-refractivity contribution is 0.344. The molecule has 0 fully saturated rings. The Bertz CT molecular complexity index is 569. The molecule has 7 heteroatoms. The maximum absolute atomic E-state index is 13.0. The minimum Gasteiger partial charge on any atom is -0.487 e. The summed E-state index contributed by atoms with van der Waals surface area (Å²) >= 11 is 1.20. The normalized spacial score (nSPS) is 10.6. The van der Waals surface area contributed by atoms with E-state index in [0.29, 0.717) is 36.7 Å². The quantitative estimate of drug-likeness (QED) is 0.860. The lowest BCUT2D eigenvalue weighted by Gasteiger charge is -2.07. The van der Waals surface area contributed by atoms with E-state index in [-0.39, 0.29) is 0 Å². The standard InChI is InChI=1S/C13H15F2N3OS/c1-2-19-11-12(16)18-20-13(11)17-4-3-8-5-9(14)7-10(15)6-8/h5-7,17H,2-4H2,1H3,(H2,16,18). The Labute approximate surface area is 119 Å². The van der Waals surface area contributed by atoms with Crippen molar-refractivity contribution in [3.8, 4) is 5.75 Å². The number of anilines is 2. The van der Waals surface area contributed by atoms with Crippen LogP contribution >= 0.6 is 11.5 Å². The zero-order valence-electron chi connectivity index (χ0n) is 11.0. The highest BCUT2D eigenvalue weighted by Crippen LogP contribution is 2.34. The van der Waals surface area contributed by atoms with E-state index < -0.39 is 11.6 Å². The highest BCUT2D eigenvalue weighted by atomic mass is 32.1. The first-order valence-corrected chi connectivity index (χ1v) is 6.94. The van der Waals surface area contributed by atoms with E-state index in [9.17, 15) is 8.78 Å². The first-order chi connectivity index (χ1) is 9.60. The molecule has 0 aliphatic rings. The molecule has 0 spiro atoms. The van der Waals surface area contributed by atoms with Crippen molar-refractivity contribution in [2.45, 2.75) is 13.3 Å². The van der Waals surface area contributed by atoms with Gasteiger partial charge in [0.15, 0.2) is 16.6 Å². The fraction of sp³-hybridized carbons (Fsp3) is 0.308. The molecule has 0 bridgehead atoms. The summed E-state index contributed by atoms with van der Waals surface area (Å²) in [6, 6.07) is 3.48. The van der Waals surface area contributed by atoms with Gasteiger partial charge in [0.1, 0.15) is 11.6 Å². The van der Waals surface area contributed by atoms with E-state index in [4.69, 9.17) is 10.5 Å². The first kappa shape index (κ1) is 14.5. The number of hydrogen-bond donors (Lipinski definition) is 2. The molecule has 0 saturated carbocycles. The van der Waals surface area contributed by atoms with Crippen molar-refractivity contribution in [2.75, 3.05) is 24.2 Å². The van der Waals surface area contributed by atoms with Crippen LogP contribution in [0.3, 0.4) is 0 Å². The average molecular weight is 299 g/mol. The Kier molecular flexibility index (Phi) is 4.73. The van der Waals surface area contributed by atoms with E-state index in [1.807, 2.05) is 6.92 Å². The number of nitrogens with one attached hydrogen (secondary N) is 1. The van der Waals surface area contributed by atoms with Crippen LogP contribution in [0.4, 0.5) is 19.6 Å². The van der Waals surface area contributed by atoms with Crippen LogP contribution in [0.2, 0.25) is 0 Å².